The van der Waals surface area contributed by atoms with E-state index in [1.165, 1.54) is 0 Å². The van der Waals surface area contributed by atoms with Crippen LogP contribution in [0.2, 0.25) is 0 Å². The second kappa shape index (κ2) is 9.16. The molecule has 0 bridgehead atoms. The summed E-state index contributed by atoms with van der Waals surface area (Å²) in [7, 11) is 1.99. The molecule has 1 heterocycles. The number of hydrogen-bond acceptors (Lipinski definition) is 2. The molecule has 3 amide bonds. The number of aryl methyl sites for hydroxylation is 2. The molecule has 0 aliphatic heterocycles. The number of aromatic nitrogens is 1. The van der Waals surface area contributed by atoms with Crippen LogP contribution in [0.15, 0.2) is 42.6 Å². The summed E-state index contributed by atoms with van der Waals surface area (Å²) in [6.07, 6.45) is 4.85. The van der Waals surface area contributed by atoms with E-state index in [1.807, 2.05) is 79.9 Å². The van der Waals surface area contributed by atoms with E-state index in [0.717, 1.165) is 36.2 Å². The Morgan fingerprint density at radius 1 is 1.21 bits per heavy atom. The molecule has 1 unspecified atom stereocenters. The fraction of sp³-hybridized carbons (Fsp3) is 0.478. The molecule has 1 fully saturated rings. The highest BCUT2D eigenvalue weighted by molar-refractivity contribution is 5.92. The number of nitrogens with one attached hydrogen (secondary N) is 1. The highest BCUT2D eigenvalue weighted by atomic mass is 16.2. The monoisotopic (exact) mass is 396 g/mol. The maximum Gasteiger partial charge on any atom is 0.322 e. The fourth-order valence-corrected chi connectivity index (χ4v) is 3.36. The predicted molar refractivity (Wildman–Crippen MR) is 116 cm³/mol. The summed E-state index contributed by atoms with van der Waals surface area (Å²) in [5, 5.41) is 2.94. The molecule has 0 radical (unpaired) electrons. The van der Waals surface area contributed by atoms with E-state index in [4.69, 9.17) is 0 Å². The van der Waals surface area contributed by atoms with Gasteiger partial charge in [-0.3, -0.25) is 4.79 Å². The van der Waals surface area contributed by atoms with E-state index >= 15 is 0 Å². The first-order valence-electron chi connectivity index (χ1n) is 10.4. The molecule has 1 aromatic carbocycles. The molecule has 1 saturated carbocycles. The first-order chi connectivity index (χ1) is 13.9. The van der Waals surface area contributed by atoms with Crippen LogP contribution in [0.4, 0.5) is 10.5 Å². The summed E-state index contributed by atoms with van der Waals surface area (Å²) in [5.41, 5.74) is 2.98. The van der Waals surface area contributed by atoms with Crippen molar-refractivity contribution in [3.8, 4) is 0 Å². The van der Waals surface area contributed by atoms with Gasteiger partial charge in [0.2, 0.25) is 5.91 Å². The Labute approximate surface area is 173 Å². The maximum absolute atomic E-state index is 13.2. The lowest BCUT2D eigenvalue weighted by molar-refractivity contribution is -0.133. The maximum atomic E-state index is 13.2. The van der Waals surface area contributed by atoms with Crippen molar-refractivity contribution in [3.63, 3.8) is 0 Å². The summed E-state index contributed by atoms with van der Waals surface area (Å²) in [6.45, 7) is 6.70. The third-order valence-corrected chi connectivity index (χ3v) is 5.68. The van der Waals surface area contributed by atoms with Gasteiger partial charge >= 0.3 is 6.03 Å². The Morgan fingerprint density at radius 3 is 2.45 bits per heavy atom. The van der Waals surface area contributed by atoms with Crippen LogP contribution in [-0.2, 0) is 18.4 Å². The van der Waals surface area contributed by atoms with Gasteiger partial charge in [-0.1, -0.05) is 24.6 Å². The largest absolute Gasteiger partial charge is 0.353 e. The molecule has 3 rings (SSSR count). The van der Waals surface area contributed by atoms with Gasteiger partial charge in [-0.2, -0.15) is 0 Å². The van der Waals surface area contributed by atoms with Gasteiger partial charge in [0.1, 0.15) is 6.54 Å². The van der Waals surface area contributed by atoms with E-state index < -0.39 is 0 Å². The van der Waals surface area contributed by atoms with Crippen LogP contribution in [0.1, 0.15) is 44.4 Å². The molecular formula is C23H32N4O2. The molecule has 1 aromatic heterocycles. The molecule has 29 heavy (non-hydrogen) atoms. The zero-order valence-electron chi connectivity index (χ0n) is 17.9. The molecule has 6 nitrogen and oxygen atoms in total. The van der Waals surface area contributed by atoms with Crippen LogP contribution in [-0.4, -0.2) is 44.9 Å². The summed E-state index contributed by atoms with van der Waals surface area (Å²) < 4.78 is 2.04. The fourth-order valence-electron chi connectivity index (χ4n) is 3.36. The Kier molecular flexibility index (Phi) is 6.62. The van der Waals surface area contributed by atoms with Crippen LogP contribution in [0.25, 0.3) is 0 Å². The number of nitrogens with zero attached hydrogens (tertiary/aromatic N) is 3. The normalized spacial score (nSPS) is 14.3. The lowest BCUT2D eigenvalue weighted by atomic mass is 10.2. The van der Waals surface area contributed by atoms with Crippen molar-refractivity contribution in [2.75, 3.05) is 11.9 Å². The predicted octanol–water partition coefficient (Wildman–Crippen LogP) is 4.16. The van der Waals surface area contributed by atoms with Crippen LogP contribution in [0.5, 0.6) is 0 Å². The van der Waals surface area contributed by atoms with Crippen LogP contribution >= 0.6 is 0 Å². The summed E-state index contributed by atoms with van der Waals surface area (Å²) in [5.74, 6) is 0.00746. The number of amides is 3. The number of benzene rings is 1. The third kappa shape index (κ3) is 5.40. The number of rotatable bonds is 8. The van der Waals surface area contributed by atoms with Crippen molar-refractivity contribution >= 4 is 17.6 Å². The Morgan fingerprint density at radius 2 is 1.90 bits per heavy atom. The standard InChI is InChI=1S/C23H32N4O2/c1-5-18(3)26(23(29)24-19-10-8-17(2)9-11-19)16-22(28)27(20-12-13-20)15-21-7-6-14-25(21)4/h6-11,14,18,20H,5,12-13,15-16H2,1-4H3,(H,24,29). The first kappa shape index (κ1) is 21.0. The minimum Gasteiger partial charge on any atom is -0.353 e. The van der Waals surface area contributed by atoms with Crippen molar-refractivity contribution in [2.45, 2.75) is 58.7 Å². The molecule has 1 aliphatic rings. The third-order valence-electron chi connectivity index (χ3n) is 5.68. The van der Waals surface area contributed by atoms with E-state index in [1.54, 1.807) is 4.90 Å². The smallest absolute Gasteiger partial charge is 0.322 e. The highest BCUT2D eigenvalue weighted by Crippen LogP contribution is 2.29. The van der Waals surface area contributed by atoms with Crippen molar-refractivity contribution in [3.05, 3.63) is 53.9 Å². The molecule has 0 saturated heterocycles. The Balaban J connectivity index is 1.70. The Bertz CT molecular complexity index is 839. The zero-order valence-corrected chi connectivity index (χ0v) is 17.9. The summed E-state index contributed by atoms with van der Waals surface area (Å²) in [4.78, 5) is 29.7. The SMILES string of the molecule is CCC(C)N(CC(=O)N(Cc1cccn1C)C1CC1)C(=O)Nc1ccc(C)cc1. The summed E-state index contributed by atoms with van der Waals surface area (Å²) >= 11 is 0. The van der Waals surface area contributed by atoms with Gasteiger partial charge in [0.25, 0.3) is 0 Å². The second-order valence-corrected chi connectivity index (χ2v) is 8.04. The van der Waals surface area contributed by atoms with Gasteiger partial charge in [-0.25, -0.2) is 4.79 Å². The lowest BCUT2D eigenvalue weighted by Gasteiger charge is -2.31. The second-order valence-electron chi connectivity index (χ2n) is 8.04. The van der Waals surface area contributed by atoms with Crippen LogP contribution in [0, 0.1) is 6.92 Å². The van der Waals surface area contributed by atoms with Crippen molar-refractivity contribution in [1.82, 2.24) is 14.4 Å². The van der Waals surface area contributed by atoms with E-state index in [2.05, 4.69) is 5.32 Å². The van der Waals surface area contributed by atoms with E-state index in [0.29, 0.717) is 6.54 Å². The van der Waals surface area contributed by atoms with Gasteiger partial charge in [0, 0.05) is 36.7 Å². The molecule has 1 aliphatic carbocycles. The molecular weight excluding hydrogens is 364 g/mol. The zero-order chi connectivity index (χ0) is 21.0. The average molecular weight is 397 g/mol. The Hall–Kier alpha value is -2.76. The number of carbonyl (C=O) groups is 2. The number of anilines is 1. The number of carbonyl (C=O) groups excluding carboxylic acids is 2. The molecule has 1 atom stereocenters. The number of urea groups is 1. The van der Waals surface area contributed by atoms with Gasteiger partial charge in [-0.05, 0) is 57.4 Å². The topological polar surface area (TPSA) is 57.6 Å². The molecule has 1 N–H and O–H groups in total. The van der Waals surface area contributed by atoms with Crippen molar-refractivity contribution in [2.24, 2.45) is 7.05 Å². The molecule has 156 valence electrons. The number of hydrogen-bond donors (Lipinski definition) is 1. The minimum atomic E-state index is -0.230. The highest BCUT2D eigenvalue weighted by Gasteiger charge is 2.34. The van der Waals surface area contributed by atoms with E-state index in [-0.39, 0.29) is 30.6 Å². The van der Waals surface area contributed by atoms with Gasteiger partial charge in [-0.15, -0.1) is 0 Å². The van der Waals surface area contributed by atoms with Crippen molar-refractivity contribution < 1.29 is 9.59 Å². The quantitative estimate of drug-likeness (QED) is 0.728. The van der Waals surface area contributed by atoms with Gasteiger partial charge < -0.3 is 19.7 Å². The van der Waals surface area contributed by atoms with Crippen LogP contribution in [0.3, 0.4) is 0 Å². The van der Waals surface area contributed by atoms with Gasteiger partial charge in [0.15, 0.2) is 0 Å². The lowest BCUT2D eigenvalue weighted by Crippen LogP contribution is -2.48. The average Bonchev–Trinajstić information content (AvgIpc) is 3.47. The van der Waals surface area contributed by atoms with Crippen LogP contribution < -0.4 is 5.32 Å². The molecule has 0 spiro atoms. The van der Waals surface area contributed by atoms with Crippen molar-refractivity contribution in [1.29, 1.82) is 0 Å². The van der Waals surface area contributed by atoms with E-state index in [9.17, 15) is 9.59 Å². The first-order valence-corrected chi connectivity index (χ1v) is 10.4. The molecule has 2 aromatic rings. The van der Waals surface area contributed by atoms with Gasteiger partial charge in [0.05, 0.1) is 6.54 Å². The summed E-state index contributed by atoms with van der Waals surface area (Å²) in [6, 6.07) is 11.8. The minimum absolute atomic E-state index is 0.00746. The molecule has 6 heteroatoms.